The predicted molar refractivity (Wildman–Crippen MR) is 163 cm³/mol. The highest BCUT2D eigenvalue weighted by molar-refractivity contribution is 5.41. The van der Waals surface area contributed by atoms with Crippen LogP contribution in [0.1, 0.15) is 65.2 Å². The van der Waals surface area contributed by atoms with Gasteiger partial charge in [0, 0.05) is 42.0 Å². The third kappa shape index (κ3) is 6.78. The molecule has 1 aliphatic heterocycles. The van der Waals surface area contributed by atoms with Gasteiger partial charge in [0.2, 0.25) is 0 Å². The zero-order chi connectivity index (χ0) is 26.2. The predicted octanol–water partition coefficient (Wildman–Crippen LogP) is 8.92. The van der Waals surface area contributed by atoms with Crippen LogP contribution in [0.15, 0.2) is 131 Å². The topological polar surface area (TPSA) is 15.3 Å². The van der Waals surface area contributed by atoms with Gasteiger partial charge in [0.25, 0.3) is 0 Å². The van der Waals surface area contributed by atoms with Crippen molar-refractivity contribution in [2.24, 2.45) is 11.8 Å². The van der Waals surface area contributed by atoms with Crippen molar-refractivity contribution < 1.29 is 0 Å². The molecule has 5 aliphatic rings. The van der Waals surface area contributed by atoms with Gasteiger partial charge >= 0.3 is 0 Å². The van der Waals surface area contributed by atoms with Crippen molar-refractivity contribution in [2.75, 3.05) is 13.1 Å². The van der Waals surface area contributed by atoms with Crippen molar-refractivity contribution in [2.45, 2.75) is 65.2 Å². The Morgan fingerprint density at radius 2 is 1.68 bits per heavy atom. The Labute approximate surface area is 230 Å². The Morgan fingerprint density at radius 1 is 0.789 bits per heavy atom. The minimum atomic E-state index is 0.371. The van der Waals surface area contributed by atoms with Gasteiger partial charge in [-0.05, 0) is 87.2 Å². The quantitative estimate of drug-likeness (QED) is 0.402. The average molecular weight is 505 g/mol. The van der Waals surface area contributed by atoms with E-state index >= 15 is 0 Å². The van der Waals surface area contributed by atoms with Gasteiger partial charge in [0.1, 0.15) is 0 Å². The van der Waals surface area contributed by atoms with Crippen LogP contribution in [0.5, 0.6) is 0 Å². The van der Waals surface area contributed by atoms with Crippen LogP contribution in [0, 0.1) is 11.8 Å². The molecule has 1 N–H and O–H groups in total. The molecule has 0 saturated carbocycles. The molecule has 0 amide bonds. The molecule has 2 heteroatoms. The number of allylic oxidation sites excluding steroid dienone is 19. The van der Waals surface area contributed by atoms with Crippen LogP contribution in [-0.4, -0.2) is 18.0 Å². The second-order valence-electron chi connectivity index (χ2n) is 11.2. The number of nitrogens with one attached hydrogen (secondary N) is 1. The summed E-state index contributed by atoms with van der Waals surface area (Å²) < 4.78 is 0. The summed E-state index contributed by atoms with van der Waals surface area (Å²) in [4.78, 5) is 2.58. The molecule has 2 nitrogen and oxygen atoms in total. The van der Waals surface area contributed by atoms with E-state index in [1.807, 2.05) is 0 Å². The van der Waals surface area contributed by atoms with Gasteiger partial charge in [-0.3, -0.25) is 0 Å². The van der Waals surface area contributed by atoms with Crippen LogP contribution in [-0.2, 0) is 0 Å². The van der Waals surface area contributed by atoms with Gasteiger partial charge in [-0.1, -0.05) is 91.5 Å². The molecule has 1 heterocycles. The SMILES string of the molecule is C/C1=C\C=C/CN(C2=CC=C(C3=CC=CCC3)CC2)CC/C=C(/NC2=CC(C3C=CC=CC3)=CCC2)C1C. The molecule has 0 aromatic heterocycles. The van der Waals surface area contributed by atoms with Gasteiger partial charge in [0.05, 0.1) is 0 Å². The van der Waals surface area contributed by atoms with Crippen molar-refractivity contribution in [1.29, 1.82) is 0 Å². The maximum absolute atomic E-state index is 3.90. The van der Waals surface area contributed by atoms with Crippen molar-refractivity contribution in [3.8, 4) is 0 Å². The van der Waals surface area contributed by atoms with Gasteiger partial charge in [-0.2, -0.15) is 0 Å². The van der Waals surface area contributed by atoms with Gasteiger partial charge < -0.3 is 10.2 Å². The standard InChI is InChI=1S/C36H44N2/c1-28-13-9-10-25-38(35-23-21-32(22-24-35)30-14-5-3-6-15-30)26-12-20-36(29(28)2)37-34-19-11-18-33(27-34)31-16-7-4-8-17-31/h3-5,7-10,13-14,16,18,20-21,23,27,29,31,37H,6,11-12,15,17,19,22,24-26H2,1-2H3/b10-9-,28-13+,36-20+. The second kappa shape index (κ2) is 13.0. The maximum atomic E-state index is 3.90. The fourth-order valence-corrected chi connectivity index (χ4v) is 5.99. The van der Waals surface area contributed by atoms with Crippen LogP contribution >= 0.6 is 0 Å². The molecule has 0 bridgehead atoms. The molecule has 0 spiro atoms. The highest BCUT2D eigenvalue weighted by atomic mass is 15.1. The van der Waals surface area contributed by atoms with E-state index in [9.17, 15) is 0 Å². The number of nitrogens with zero attached hydrogens (tertiary/aromatic N) is 1. The molecule has 0 fully saturated rings. The van der Waals surface area contributed by atoms with E-state index in [4.69, 9.17) is 0 Å². The normalized spacial score (nSPS) is 29.8. The average Bonchev–Trinajstić information content (AvgIpc) is 3.01. The van der Waals surface area contributed by atoms with Crippen molar-refractivity contribution >= 4 is 0 Å². The van der Waals surface area contributed by atoms with Gasteiger partial charge in [-0.15, -0.1) is 0 Å². The molecular weight excluding hydrogens is 460 g/mol. The summed E-state index contributed by atoms with van der Waals surface area (Å²) in [6, 6.07) is 0. The van der Waals surface area contributed by atoms with Crippen molar-refractivity contribution in [1.82, 2.24) is 10.2 Å². The molecule has 2 atom stereocenters. The summed E-state index contributed by atoms with van der Waals surface area (Å²) in [5, 5.41) is 3.90. The van der Waals surface area contributed by atoms with Crippen LogP contribution in [0.2, 0.25) is 0 Å². The molecule has 0 aromatic carbocycles. The first-order chi connectivity index (χ1) is 18.7. The van der Waals surface area contributed by atoms with Gasteiger partial charge in [0.15, 0.2) is 0 Å². The van der Waals surface area contributed by atoms with E-state index in [2.05, 4.69) is 115 Å². The fraction of sp³-hybridized carbons (Fsp3) is 0.389. The Kier molecular flexibility index (Phi) is 9.02. The lowest BCUT2D eigenvalue weighted by Crippen LogP contribution is -2.26. The summed E-state index contributed by atoms with van der Waals surface area (Å²) in [5.74, 6) is 0.886. The zero-order valence-electron chi connectivity index (χ0n) is 23.3. The summed E-state index contributed by atoms with van der Waals surface area (Å²) in [6.45, 7) is 6.63. The van der Waals surface area contributed by atoms with Crippen LogP contribution < -0.4 is 5.32 Å². The lowest BCUT2D eigenvalue weighted by atomic mass is 9.88. The molecule has 0 radical (unpaired) electrons. The number of rotatable bonds is 5. The van der Waals surface area contributed by atoms with E-state index in [1.54, 1.807) is 0 Å². The lowest BCUT2D eigenvalue weighted by Gasteiger charge is -2.29. The largest absolute Gasteiger partial charge is 0.371 e. The van der Waals surface area contributed by atoms with E-state index in [-0.39, 0.29) is 0 Å². The first-order valence-electron chi connectivity index (χ1n) is 14.7. The Morgan fingerprint density at radius 3 is 2.47 bits per heavy atom. The summed E-state index contributed by atoms with van der Waals surface area (Å²) in [6.07, 6.45) is 43.7. The minimum Gasteiger partial charge on any atom is -0.371 e. The molecule has 38 heavy (non-hydrogen) atoms. The second-order valence-corrected chi connectivity index (χ2v) is 11.2. The highest BCUT2D eigenvalue weighted by Crippen LogP contribution is 2.31. The Balaban J connectivity index is 1.30. The summed E-state index contributed by atoms with van der Waals surface area (Å²) >= 11 is 0. The smallest absolute Gasteiger partial charge is 0.0359 e. The lowest BCUT2D eigenvalue weighted by molar-refractivity contribution is 0.370. The molecular formula is C36H44N2. The molecule has 0 aromatic rings. The molecule has 5 rings (SSSR count). The summed E-state index contributed by atoms with van der Waals surface area (Å²) in [5.41, 5.74) is 10.1. The van der Waals surface area contributed by atoms with Crippen LogP contribution in [0.3, 0.4) is 0 Å². The van der Waals surface area contributed by atoms with E-state index in [1.165, 1.54) is 52.2 Å². The number of hydrogen-bond acceptors (Lipinski definition) is 2. The van der Waals surface area contributed by atoms with E-state index < -0.39 is 0 Å². The minimum absolute atomic E-state index is 0.371. The highest BCUT2D eigenvalue weighted by Gasteiger charge is 2.19. The molecule has 4 aliphatic carbocycles. The van der Waals surface area contributed by atoms with E-state index in [0.717, 1.165) is 51.6 Å². The fourth-order valence-electron chi connectivity index (χ4n) is 5.99. The number of hydrogen-bond donors (Lipinski definition) is 1. The van der Waals surface area contributed by atoms with Crippen molar-refractivity contribution in [3.63, 3.8) is 0 Å². The maximum Gasteiger partial charge on any atom is 0.0359 e. The first kappa shape index (κ1) is 26.4. The Hall–Kier alpha value is -3.26. The first-order valence-corrected chi connectivity index (χ1v) is 14.7. The monoisotopic (exact) mass is 504 g/mol. The summed E-state index contributed by atoms with van der Waals surface area (Å²) in [7, 11) is 0. The van der Waals surface area contributed by atoms with Crippen LogP contribution in [0.4, 0.5) is 0 Å². The van der Waals surface area contributed by atoms with Crippen LogP contribution in [0.25, 0.3) is 0 Å². The molecule has 198 valence electrons. The van der Waals surface area contributed by atoms with E-state index in [0.29, 0.717) is 11.8 Å². The Bertz CT molecular complexity index is 1220. The zero-order valence-corrected chi connectivity index (χ0v) is 23.3. The third-order valence-electron chi connectivity index (χ3n) is 8.54. The molecule has 0 saturated heterocycles. The van der Waals surface area contributed by atoms with Gasteiger partial charge in [-0.25, -0.2) is 0 Å². The van der Waals surface area contributed by atoms with Crippen molar-refractivity contribution in [3.05, 3.63) is 131 Å². The third-order valence-corrected chi connectivity index (χ3v) is 8.54. The molecule has 2 unspecified atom stereocenters.